The lowest BCUT2D eigenvalue weighted by Gasteiger charge is -2.39. The Balaban J connectivity index is 2.50. The van der Waals surface area contributed by atoms with Gasteiger partial charge in [0.05, 0.1) is 6.10 Å². The van der Waals surface area contributed by atoms with Crippen LogP contribution in [0.2, 0.25) is 0 Å². The van der Waals surface area contributed by atoms with E-state index in [1.54, 1.807) is 0 Å². The first kappa shape index (κ1) is 15.9. The highest BCUT2D eigenvalue weighted by atomic mass is 16.3. The summed E-state index contributed by atoms with van der Waals surface area (Å²) in [6, 6.07) is 0.273. The van der Waals surface area contributed by atoms with Crippen LogP contribution in [0.4, 0.5) is 0 Å². The molecule has 0 bridgehead atoms. The SMILES string of the molecule is CC(C)CN1CC(N)CC(CC(O)C(C)(C)C)C1. The van der Waals surface area contributed by atoms with E-state index in [-0.39, 0.29) is 17.6 Å². The molecule has 1 aliphatic heterocycles. The largest absolute Gasteiger partial charge is 0.393 e. The van der Waals surface area contributed by atoms with Crippen molar-refractivity contribution in [2.24, 2.45) is 23.0 Å². The molecule has 3 nitrogen and oxygen atoms in total. The van der Waals surface area contributed by atoms with Gasteiger partial charge in [-0.25, -0.2) is 0 Å². The van der Waals surface area contributed by atoms with Crippen LogP contribution in [0.3, 0.4) is 0 Å². The van der Waals surface area contributed by atoms with E-state index in [1.807, 2.05) is 0 Å². The lowest BCUT2D eigenvalue weighted by atomic mass is 9.80. The lowest BCUT2D eigenvalue weighted by molar-refractivity contribution is 0.0229. The van der Waals surface area contributed by atoms with E-state index in [1.165, 1.54) is 0 Å². The maximum Gasteiger partial charge on any atom is 0.0591 e. The average molecular weight is 256 g/mol. The summed E-state index contributed by atoms with van der Waals surface area (Å²) in [4.78, 5) is 2.47. The number of nitrogens with zero attached hydrogens (tertiary/aromatic N) is 1. The molecule has 1 aliphatic rings. The van der Waals surface area contributed by atoms with Crippen LogP contribution in [0.1, 0.15) is 47.5 Å². The molecule has 1 heterocycles. The first-order chi connectivity index (χ1) is 8.18. The fraction of sp³-hybridized carbons (Fsp3) is 1.00. The second-order valence-electron chi connectivity index (χ2n) is 7.59. The van der Waals surface area contributed by atoms with Crippen LogP contribution >= 0.6 is 0 Å². The van der Waals surface area contributed by atoms with Crippen LogP contribution in [0, 0.1) is 17.3 Å². The predicted molar refractivity (Wildman–Crippen MR) is 77.4 cm³/mol. The zero-order chi connectivity index (χ0) is 13.9. The zero-order valence-corrected chi connectivity index (χ0v) is 12.8. The van der Waals surface area contributed by atoms with Gasteiger partial charge >= 0.3 is 0 Å². The summed E-state index contributed by atoms with van der Waals surface area (Å²) in [6.45, 7) is 14.0. The van der Waals surface area contributed by atoms with Gasteiger partial charge in [-0.15, -0.1) is 0 Å². The van der Waals surface area contributed by atoms with E-state index in [0.717, 1.165) is 32.5 Å². The minimum absolute atomic E-state index is 0.0234. The fourth-order valence-electron chi connectivity index (χ4n) is 2.85. The van der Waals surface area contributed by atoms with Crippen LogP contribution in [0.25, 0.3) is 0 Å². The summed E-state index contributed by atoms with van der Waals surface area (Å²) in [7, 11) is 0. The molecule has 1 rings (SSSR count). The van der Waals surface area contributed by atoms with Gasteiger partial charge in [0.1, 0.15) is 0 Å². The van der Waals surface area contributed by atoms with Gasteiger partial charge in [-0.3, -0.25) is 0 Å². The van der Waals surface area contributed by atoms with Gasteiger partial charge < -0.3 is 15.7 Å². The summed E-state index contributed by atoms with van der Waals surface area (Å²) < 4.78 is 0. The fourth-order valence-corrected chi connectivity index (χ4v) is 2.85. The Morgan fingerprint density at radius 3 is 2.39 bits per heavy atom. The van der Waals surface area contributed by atoms with E-state index in [2.05, 4.69) is 39.5 Å². The number of nitrogens with two attached hydrogens (primary N) is 1. The Morgan fingerprint density at radius 1 is 1.28 bits per heavy atom. The summed E-state index contributed by atoms with van der Waals surface area (Å²) in [5.74, 6) is 1.23. The highest BCUT2D eigenvalue weighted by Gasteiger charge is 2.30. The van der Waals surface area contributed by atoms with Crippen LogP contribution in [-0.4, -0.2) is 41.8 Å². The van der Waals surface area contributed by atoms with Crippen molar-refractivity contribution < 1.29 is 5.11 Å². The molecule has 0 aliphatic carbocycles. The number of piperidine rings is 1. The van der Waals surface area contributed by atoms with E-state index in [0.29, 0.717) is 11.8 Å². The van der Waals surface area contributed by atoms with E-state index < -0.39 is 0 Å². The van der Waals surface area contributed by atoms with Gasteiger partial charge in [-0.2, -0.15) is 0 Å². The first-order valence-electron chi connectivity index (χ1n) is 7.34. The lowest BCUT2D eigenvalue weighted by Crippen LogP contribution is -2.49. The molecule has 18 heavy (non-hydrogen) atoms. The zero-order valence-electron chi connectivity index (χ0n) is 12.8. The Labute approximate surface area is 113 Å². The molecule has 108 valence electrons. The average Bonchev–Trinajstić information content (AvgIpc) is 2.13. The third-order valence-electron chi connectivity index (χ3n) is 3.82. The number of likely N-dealkylation sites (tertiary alicyclic amines) is 1. The number of hydrogen-bond donors (Lipinski definition) is 2. The molecule has 0 radical (unpaired) electrons. The molecular weight excluding hydrogens is 224 g/mol. The van der Waals surface area contributed by atoms with E-state index in [9.17, 15) is 5.11 Å². The molecule has 3 heteroatoms. The minimum Gasteiger partial charge on any atom is -0.393 e. The molecule has 1 saturated heterocycles. The van der Waals surface area contributed by atoms with E-state index >= 15 is 0 Å². The van der Waals surface area contributed by atoms with Crippen LogP contribution < -0.4 is 5.73 Å². The van der Waals surface area contributed by atoms with Gasteiger partial charge in [0.15, 0.2) is 0 Å². The summed E-state index contributed by atoms with van der Waals surface area (Å²) >= 11 is 0. The number of rotatable bonds is 4. The van der Waals surface area contributed by atoms with Crippen molar-refractivity contribution >= 4 is 0 Å². The maximum atomic E-state index is 10.2. The van der Waals surface area contributed by atoms with Gasteiger partial charge in [0.2, 0.25) is 0 Å². The minimum atomic E-state index is -0.228. The Bertz CT molecular complexity index is 245. The van der Waals surface area contributed by atoms with Crippen LogP contribution in [0.15, 0.2) is 0 Å². The Kier molecular flexibility index (Phi) is 5.63. The maximum absolute atomic E-state index is 10.2. The molecule has 3 N–H and O–H groups in total. The van der Waals surface area contributed by atoms with Gasteiger partial charge in [-0.05, 0) is 30.1 Å². The van der Waals surface area contributed by atoms with Crippen molar-refractivity contribution in [2.75, 3.05) is 19.6 Å². The van der Waals surface area contributed by atoms with Crippen molar-refractivity contribution in [3.05, 3.63) is 0 Å². The predicted octanol–water partition coefficient (Wildman–Crippen LogP) is 2.09. The molecule has 0 amide bonds. The molecule has 0 aromatic heterocycles. The summed E-state index contributed by atoms with van der Waals surface area (Å²) in [5.41, 5.74) is 6.13. The van der Waals surface area contributed by atoms with Crippen molar-refractivity contribution in [1.82, 2.24) is 4.90 Å². The molecule has 0 aromatic rings. The number of aliphatic hydroxyl groups is 1. The standard InChI is InChI=1S/C15H32N2O/c1-11(2)8-17-9-12(6-13(16)10-17)7-14(18)15(3,4)5/h11-14,18H,6-10,16H2,1-5H3. The van der Waals surface area contributed by atoms with Crippen molar-refractivity contribution in [2.45, 2.75) is 59.6 Å². The summed E-state index contributed by atoms with van der Waals surface area (Å²) in [6.07, 6.45) is 1.71. The third-order valence-corrected chi connectivity index (χ3v) is 3.82. The Hall–Kier alpha value is -0.120. The molecule has 1 fully saturated rings. The molecule has 3 unspecified atom stereocenters. The smallest absolute Gasteiger partial charge is 0.0591 e. The second kappa shape index (κ2) is 6.36. The molecule has 0 spiro atoms. The number of hydrogen-bond acceptors (Lipinski definition) is 3. The highest BCUT2D eigenvalue weighted by molar-refractivity contribution is 4.85. The monoisotopic (exact) mass is 256 g/mol. The van der Waals surface area contributed by atoms with Crippen LogP contribution in [0.5, 0.6) is 0 Å². The van der Waals surface area contributed by atoms with Crippen LogP contribution in [-0.2, 0) is 0 Å². The first-order valence-corrected chi connectivity index (χ1v) is 7.34. The van der Waals surface area contributed by atoms with E-state index in [4.69, 9.17) is 5.73 Å². The van der Waals surface area contributed by atoms with Gasteiger partial charge in [-0.1, -0.05) is 34.6 Å². The Morgan fingerprint density at radius 2 is 1.89 bits per heavy atom. The van der Waals surface area contributed by atoms with Gasteiger partial charge in [0.25, 0.3) is 0 Å². The second-order valence-corrected chi connectivity index (χ2v) is 7.59. The topological polar surface area (TPSA) is 49.5 Å². The third kappa shape index (κ3) is 5.25. The molecule has 3 atom stereocenters. The van der Waals surface area contributed by atoms with Gasteiger partial charge in [0, 0.05) is 25.7 Å². The van der Waals surface area contributed by atoms with Crippen molar-refractivity contribution in [1.29, 1.82) is 0 Å². The van der Waals surface area contributed by atoms with Crippen molar-refractivity contribution in [3.63, 3.8) is 0 Å². The quantitative estimate of drug-likeness (QED) is 0.810. The normalized spacial score (nSPS) is 28.7. The molecule has 0 saturated carbocycles. The summed E-state index contributed by atoms with van der Waals surface area (Å²) in [5, 5.41) is 10.2. The highest BCUT2D eigenvalue weighted by Crippen LogP contribution is 2.28. The van der Waals surface area contributed by atoms with Crippen molar-refractivity contribution in [3.8, 4) is 0 Å². The number of aliphatic hydroxyl groups excluding tert-OH is 1. The molecule has 0 aromatic carbocycles. The molecular formula is C15H32N2O.